The molecule has 0 saturated carbocycles. The Hall–Kier alpha value is -6.88. The molecule has 2 unspecified atom stereocenters. The van der Waals surface area contributed by atoms with E-state index in [1.165, 1.54) is 6.33 Å². The Morgan fingerprint density at radius 1 is 0.911 bits per heavy atom. The molecule has 278 valence electrons. The van der Waals surface area contributed by atoms with Crippen molar-refractivity contribution in [1.29, 1.82) is 0 Å². The second-order valence-electron chi connectivity index (χ2n) is 14.5. The molecule has 4 aromatic carbocycles. The minimum absolute atomic E-state index is 0.00776. The predicted octanol–water partition coefficient (Wildman–Crippen LogP) is 5.72. The van der Waals surface area contributed by atoms with Crippen molar-refractivity contribution >= 4 is 47.1 Å². The van der Waals surface area contributed by atoms with Gasteiger partial charge in [-0.05, 0) is 71.3 Å². The molecule has 2 aromatic heterocycles. The van der Waals surface area contributed by atoms with Crippen molar-refractivity contribution in [3.8, 4) is 39.4 Å². The Balaban J connectivity index is 1.05. The average molecular weight is 742 g/mol. The number of nitrogens with zero attached hydrogens (tertiary/aromatic N) is 6. The van der Waals surface area contributed by atoms with E-state index in [0.29, 0.717) is 29.6 Å². The van der Waals surface area contributed by atoms with Crippen molar-refractivity contribution in [1.82, 2.24) is 19.5 Å². The number of carbonyl (C=O) groups excluding carboxylic acids is 3. The van der Waals surface area contributed by atoms with Crippen molar-refractivity contribution in [2.75, 3.05) is 34.9 Å². The maximum Gasteiger partial charge on any atom is 0.246 e. The normalized spacial score (nSPS) is 18.0. The number of carbonyl (C=O) groups is 3. The monoisotopic (exact) mass is 741 g/mol. The second-order valence-corrected chi connectivity index (χ2v) is 14.5. The van der Waals surface area contributed by atoms with E-state index in [-0.39, 0.29) is 30.7 Å². The number of fused-ring (bicyclic) bond motifs is 6. The molecule has 2 atom stereocenters. The van der Waals surface area contributed by atoms with E-state index in [4.69, 9.17) is 9.72 Å². The zero-order chi connectivity index (χ0) is 38.7. The molecule has 0 fully saturated rings. The first-order chi connectivity index (χ1) is 27.2. The van der Waals surface area contributed by atoms with Crippen LogP contribution in [-0.2, 0) is 22.2 Å². The Kier molecular flexibility index (Phi) is 8.37. The summed E-state index contributed by atoms with van der Waals surface area (Å²) < 4.78 is 7.56. The van der Waals surface area contributed by atoms with E-state index in [1.807, 2.05) is 139 Å². The van der Waals surface area contributed by atoms with Gasteiger partial charge in [0, 0.05) is 29.7 Å². The quantitative estimate of drug-likeness (QED) is 0.209. The van der Waals surface area contributed by atoms with Gasteiger partial charge in [-0.2, -0.15) is 0 Å². The molecule has 11 heteroatoms. The van der Waals surface area contributed by atoms with Crippen LogP contribution >= 0.6 is 0 Å². The van der Waals surface area contributed by atoms with Crippen LogP contribution in [0.3, 0.4) is 0 Å². The molecule has 1 aliphatic heterocycles. The molecule has 0 saturated heterocycles. The molecule has 1 N–H and O–H groups in total. The molecular weight excluding hydrogens is 703 g/mol. The summed E-state index contributed by atoms with van der Waals surface area (Å²) in [6, 6.07) is 29.3. The first-order valence-electron chi connectivity index (χ1n) is 18.7. The van der Waals surface area contributed by atoms with E-state index in [2.05, 4.69) is 15.3 Å². The number of ether oxygens (including phenoxy) is 1. The summed E-state index contributed by atoms with van der Waals surface area (Å²) in [4.78, 5) is 59.6. The van der Waals surface area contributed by atoms with Gasteiger partial charge in [-0.3, -0.25) is 19.7 Å². The van der Waals surface area contributed by atoms with E-state index in [0.717, 1.165) is 55.4 Å². The van der Waals surface area contributed by atoms with Crippen LogP contribution in [0.5, 0.6) is 5.75 Å². The first-order valence-corrected chi connectivity index (χ1v) is 18.7. The molecule has 6 aromatic rings. The number of benzene rings is 4. The number of ketones is 2. The standard InChI is InChI=1S/C45H39N7O4/c1-5-56-30-17-15-28(16-18-30)40-41(29-11-7-6-8-12-29)50(4)44(49-40)48-39(54)24-51-26-52(43-37(51)23-46-25-47-43)45(3)36-20-19-32-31-13-9-10-14-33(31)38(53)22-34(32)35(36)21-27(2)42(45)55/h6-23,25,27H,5,24,26H2,1-4H3,(H,48,49,54). The molecule has 11 nitrogen and oxygen atoms in total. The van der Waals surface area contributed by atoms with Crippen LogP contribution < -0.4 is 30.3 Å². The summed E-state index contributed by atoms with van der Waals surface area (Å²) in [5.41, 5.74) is 6.16. The first kappa shape index (κ1) is 34.9. The van der Waals surface area contributed by atoms with Gasteiger partial charge >= 0.3 is 0 Å². The number of rotatable bonds is 8. The zero-order valence-electron chi connectivity index (χ0n) is 31.5. The number of amides is 1. The molecule has 0 bridgehead atoms. The third kappa shape index (κ3) is 5.49. The Morgan fingerprint density at radius 2 is 1.66 bits per heavy atom. The second kappa shape index (κ2) is 13.5. The van der Waals surface area contributed by atoms with Crippen molar-refractivity contribution < 1.29 is 19.1 Å². The molecule has 56 heavy (non-hydrogen) atoms. The third-order valence-electron chi connectivity index (χ3n) is 11.2. The average Bonchev–Trinajstić information content (AvgIpc) is 3.75. The highest BCUT2D eigenvalue weighted by Gasteiger charge is 2.50. The summed E-state index contributed by atoms with van der Waals surface area (Å²) in [5.74, 6) is 0.893. The van der Waals surface area contributed by atoms with E-state index in [1.54, 1.807) is 12.3 Å². The Bertz CT molecular complexity index is 2710. The van der Waals surface area contributed by atoms with E-state index in [9.17, 15) is 14.4 Å². The largest absolute Gasteiger partial charge is 0.494 e. The third-order valence-corrected chi connectivity index (χ3v) is 11.2. The fourth-order valence-corrected chi connectivity index (χ4v) is 8.45. The highest BCUT2D eigenvalue weighted by molar-refractivity contribution is 6.22. The highest BCUT2D eigenvalue weighted by atomic mass is 16.5. The molecule has 0 radical (unpaired) electrons. The van der Waals surface area contributed by atoms with Gasteiger partial charge in [-0.25, -0.2) is 15.0 Å². The number of hydrogen-bond donors (Lipinski definition) is 1. The maximum atomic E-state index is 14.5. The molecule has 1 amide bonds. The lowest BCUT2D eigenvalue weighted by molar-refractivity contribution is -0.126. The van der Waals surface area contributed by atoms with Gasteiger partial charge in [-0.1, -0.05) is 79.7 Å². The van der Waals surface area contributed by atoms with Crippen LogP contribution in [0.25, 0.3) is 45.8 Å². The smallest absolute Gasteiger partial charge is 0.246 e. The summed E-state index contributed by atoms with van der Waals surface area (Å²) >= 11 is 0. The van der Waals surface area contributed by atoms with Gasteiger partial charge in [0.25, 0.3) is 0 Å². The van der Waals surface area contributed by atoms with E-state index < -0.39 is 11.5 Å². The number of nitrogens with one attached hydrogen (secondary N) is 1. The molecule has 0 spiro atoms. The molecule has 3 aliphatic rings. The lowest BCUT2D eigenvalue weighted by atomic mass is 9.73. The number of Topliss-reactive ketones (excluding diaryl/α,β-unsaturated/α-hetero) is 2. The lowest BCUT2D eigenvalue weighted by Gasteiger charge is -2.42. The van der Waals surface area contributed by atoms with Crippen LogP contribution in [0.15, 0.2) is 104 Å². The summed E-state index contributed by atoms with van der Waals surface area (Å²) in [6.07, 6.45) is 6.79. The summed E-state index contributed by atoms with van der Waals surface area (Å²) in [5, 5.41) is 4.73. The lowest BCUT2D eigenvalue weighted by Crippen LogP contribution is -2.59. The van der Waals surface area contributed by atoms with E-state index >= 15 is 0 Å². The Morgan fingerprint density at radius 3 is 2.43 bits per heavy atom. The van der Waals surface area contributed by atoms with Crippen LogP contribution in [-0.4, -0.2) is 56.8 Å². The number of hydrogen-bond acceptors (Lipinski definition) is 9. The van der Waals surface area contributed by atoms with Gasteiger partial charge in [0.15, 0.2) is 17.4 Å². The van der Waals surface area contributed by atoms with Crippen molar-refractivity contribution in [2.24, 2.45) is 13.0 Å². The molecule has 2 aliphatic carbocycles. The fourth-order valence-electron chi connectivity index (χ4n) is 8.45. The van der Waals surface area contributed by atoms with Crippen molar-refractivity contribution in [2.45, 2.75) is 26.3 Å². The summed E-state index contributed by atoms with van der Waals surface area (Å²) in [6.45, 7) is 6.47. The van der Waals surface area contributed by atoms with Crippen molar-refractivity contribution in [3.05, 3.63) is 125 Å². The van der Waals surface area contributed by atoms with Gasteiger partial charge < -0.3 is 19.1 Å². The SMILES string of the molecule is CCOc1ccc(-c2nc(NC(=O)CN3CN(C4(C)C(=O)C(C)C=c5c4ccc4c5=CC(=O)c5ccccc5-4)c4ncncc43)n(C)c2-c2ccccc2)cc1. The minimum atomic E-state index is -1.17. The minimum Gasteiger partial charge on any atom is -0.494 e. The maximum absolute atomic E-state index is 14.5. The number of imidazole rings is 1. The molecular formula is C45H39N7O4. The van der Waals surface area contributed by atoms with Crippen LogP contribution in [0.4, 0.5) is 17.5 Å². The van der Waals surface area contributed by atoms with Gasteiger partial charge in [-0.15, -0.1) is 0 Å². The Labute approximate surface area is 323 Å². The number of anilines is 3. The molecule has 3 heterocycles. The summed E-state index contributed by atoms with van der Waals surface area (Å²) in [7, 11) is 1.89. The van der Waals surface area contributed by atoms with Crippen LogP contribution in [0, 0.1) is 5.92 Å². The predicted molar refractivity (Wildman–Crippen MR) is 217 cm³/mol. The fraction of sp³-hybridized carbons (Fsp3) is 0.200. The van der Waals surface area contributed by atoms with Gasteiger partial charge in [0.05, 0.1) is 37.4 Å². The molecule has 9 rings (SSSR count). The van der Waals surface area contributed by atoms with Crippen molar-refractivity contribution in [3.63, 3.8) is 0 Å². The zero-order valence-corrected chi connectivity index (χ0v) is 31.5. The highest BCUT2D eigenvalue weighted by Crippen LogP contribution is 2.44. The van der Waals surface area contributed by atoms with Crippen LogP contribution in [0.1, 0.15) is 36.7 Å². The van der Waals surface area contributed by atoms with Gasteiger partial charge in [0.1, 0.15) is 23.3 Å². The topological polar surface area (TPSA) is 123 Å². The van der Waals surface area contributed by atoms with Gasteiger partial charge in [0.2, 0.25) is 11.9 Å². The van der Waals surface area contributed by atoms with Crippen LogP contribution in [0.2, 0.25) is 0 Å². The number of aromatic nitrogens is 4.